The topological polar surface area (TPSA) is 32.3 Å². The van der Waals surface area contributed by atoms with Gasteiger partial charge in [-0.25, -0.2) is 0 Å². The van der Waals surface area contributed by atoms with Crippen LogP contribution in [0.4, 0.5) is 0 Å². The fourth-order valence-electron chi connectivity index (χ4n) is 3.01. The Morgan fingerprint density at radius 1 is 0.958 bits per heavy atom. The highest BCUT2D eigenvalue weighted by Crippen LogP contribution is 2.20. The molecule has 1 amide bonds. The monoisotopic (exact) mass is 338 g/mol. The summed E-state index contributed by atoms with van der Waals surface area (Å²) in [5, 5.41) is 2.95. The number of nitrogens with zero attached hydrogens (tertiary/aromatic N) is 1. The highest BCUT2D eigenvalue weighted by atomic mass is 16.1. The number of unbranched alkanes of at least 4 members (excludes halogenated alkanes) is 6. The molecule has 1 unspecified atom stereocenters. The Bertz CT molecular complexity index is 326. The highest BCUT2D eigenvalue weighted by Gasteiger charge is 2.10. The minimum Gasteiger partial charge on any atom is -0.352 e. The molecular formula is C21H42N2O. The third kappa shape index (κ3) is 14.7. The van der Waals surface area contributed by atoms with E-state index in [4.69, 9.17) is 0 Å². The van der Waals surface area contributed by atoms with Crippen molar-refractivity contribution < 1.29 is 4.79 Å². The summed E-state index contributed by atoms with van der Waals surface area (Å²) in [6.07, 6.45) is 14.6. The molecule has 1 atom stereocenters. The molecule has 0 aromatic heterocycles. The lowest BCUT2D eigenvalue weighted by molar-refractivity contribution is -0.117. The maximum Gasteiger partial charge on any atom is 0.246 e. The zero-order valence-electron chi connectivity index (χ0n) is 16.8. The number of rotatable bonds is 16. The zero-order valence-corrected chi connectivity index (χ0v) is 16.8. The van der Waals surface area contributed by atoms with Crippen molar-refractivity contribution in [1.29, 1.82) is 0 Å². The SMILES string of the molecule is C=C(C)C(=O)NCCCC(CCCCCCCCC)CCN(C)C. The number of amides is 1. The van der Waals surface area contributed by atoms with E-state index in [1.165, 1.54) is 70.8 Å². The van der Waals surface area contributed by atoms with Crippen LogP contribution < -0.4 is 5.32 Å². The second-order valence-corrected chi connectivity index (χ2v) is 7.55. The Kier molecular flexibility index (Phi) is 15.1. The third-order valence-corrected chi connectivity index (χ3v) is 4.66. The minimum absolute atomic E-state index is 0.00748. The average molecular weight is 339 g/mol. The van der Waals surface area contributed by atoms with E-state index in [1.54, 1.807) is 6.92 Å². The number of nitrogens with one attached hydrogen (secondary N) is 1. The van der Waals surface area contributed by atoms with Gasteiger partial charge in [0.1, 0.15) is 0 Å². The summed E-state index contributed by atoms with van der Waals surface area (Å²) in [6.45, 7) is 9.65. The van der Waals surface area contributed by atoms with Crippen LogP contribution in [0.2, 0.25) is 0 Å². The molecule has 0 spiro atoms. The first-order valence-corrected chi connectivity index (χ1v) is 10.1. The molecule has 0 aromatic rings. The van der Waals surface area contributed by atoms with E-state index in [1.807, 2.05) is 0 Å². The van der Waals surface area contributed by atoms with Crippen LogP contribution in [-0.2, 0) is 4.79 Å². The largest absolute Gasteiger partial charge is 0.352 e. The van der Waals surface area contributed by atoms with Crippen molar-refractivity contribution >= 4 is 5.91 Å². The third-order valence-electron chi connectivity index (χ3n) is 4.66. The van der Waals surface area contributed by atoms with E-state index >= 15 is 0 Å². The lowest BCUT2D eigenvalue weighted by atomic mass is 9.92. The van der Waals surface area contributed by atoms with Crippen molar-refractivity contribution in [3.05, 3.63) is 12.2 Å². The molecule has 24 heavy (non-hydrogen) atoms. The zero-order chi connectivity index (χ0) is 18.2. The number of hydrogen-bond donors (Lipinski definition) is 1. The maximum absolute atomic E-state index is 11.5. The van der Waals surface area contributed by atoms with E-state index in [9.17, 15) is 4.79 Å². The van der Waals surface area contributed by atoms with Gasteiger partial charge in [-0.2, -0.15) is 0 Å². The molecule has 142 valence electrons. The Morgan fingerprint density at radius 2 is 1.54 bits per heavy atom. The van der Waals surface area contributed by atoms with Gasteiger partial charge in [0.2, 0.25) is 5.91 Å². The van der Waals surface area contributed by atoms with Crippen molar-refractivity contribution in [2.75, 3.05) is 27.2 Å². The first kappa shape index (κ1) is 23.2. The highest BCUT2D eigenvalue weighted by molar-refractivity contribution is 5.91. The summed E-state index contributed by atoms with van der Waals surface area (Å²) in [7, 11) is 4.30. The summed E-state index contributed by atoms with van der Waals surface area (Å²) in [5.41, 5.74) is 0.599. The normalized spacial score (nSPS) is 12.4. The molecule has 1 N–H and O–H groups in total. The van der Waals surface area contributed by atoms with Crippen molar-refractivity contribution in [3.8, 4) is 0 Å². The van der Waals surface area contributed by atoms with Gasteiger partial charge in [0.25, 0.3) is 0 Å². The summed E-state index contributed by atoms with van der Waals surface area (Å²) >= 11 is 0. The molecule has 0 heterocycles. The molecule has 0 fully saturated rings. The van der Waals surface area contributed by atoms with Crippen LogP contribution in [0.1, 0.15) is 84.5 Å². The Labute approximate surface area is 151 Å². The molecule has 0 aliphatic carbocycles. The molecule has 0 rings (SSSR count). The second kappa shape index (κ2) is 15.7. The van der Waals surface area contributed by atoms with Gasteiger partial charge in [0, 0.05) is 12.1 Å². The molecule has 0 saturated heterocycles. The van der Waals surface area contributed by atoms with Crippen LogP contribution in [0.5, 0.6) is 0 Å². The molecule has 0 radical (unpaired) electrons. The predicted octanol–water partition coefficient (Wildman–Crippen LogP) is 5.17. The van der Waals surface area contributed by atoms with E-state index in [2.05, 4.69) is 37.8 Å². The first-order valence-electron chi connectivity index (χ1n) is 10.1. The van der Waals surface area contributed by atoms with Gasteiger partial charge >= 0.3 is 0 Å². The quantitative estimate of drug-likeness (QED) is 0.311. The standard InChI is InChI=1S/C21H42N2O/c1-6-7-8-9-10-11-12-14-20(16-18-23(4)5)15-13-17-22-21(24)19(2)3/h20H,2,6-18H2,1,3-5H3,(H,22,24). The first-order chi connectivity index (χ1) is 11.5. The fourth-order valence-corrected chi connectivity index (χ4v) is 3.01. The van der Waals surface area contributed by atoms with Crippen molar-refractivity contribution in [3.63, 3.8) is 0 Å². The number of carbonyl (C=O) groups is 1. The lowest BCUT2D eigenvalue weighted by Crippen LogP contribution is -2.25. The molecule has 0 saturated carbocycles. The van der Waals surface area contributed by atoms with Crippen LogP contribution in [0.25, 0.3) is 0 Å². The van der Waals surface area contributed by atoms with E-state index in [0.29, 0.717) is 5.57 Å². The predicted molar refractivity (Wildman–Crippen MR) is 106 cm³/mol. The molecule has 0 bridgehead atoms. The summed E-state index contributed by atoms with van der Waals surface area (Å²) in [6, 6.07) is 0. The maximum atomic E-state index is 11.5. The van der Waals surface area contributed by atoms with Crippen LogP contribution in [-0.4, -0.2) is 38.0 Å². The molecule has 0 aliphatic heterocycles. The molecule has 0 aliphatic rings. The summed E-state index contributed by atoms with van der Waals surface area (Å²) < 4.78 is 0. The minimum atomic E-state index is -0.00748. The van der Waals surface area contributed by atoms with Gasteiger partial charge in [0.15, 0.2) is 0 Å². The summed E-state index contributed by atoms with van der Waals surface area (Å²) in [4.78, 5) is 13.8. The van der Waals surface area contributed by atoms with E-state index in [-0.39, 0.29) is 5.91 Å². The van der Waals surface area contributed by atoms with Gasteiger partial charge in [-0.15, -0.1) is 0 Å². The Morgan fingerprint density at radius 3 is 2.12 bits per heavy atom. The number of hydrogen-bond acceptors (Lipinski definition) is 2. The molecule has 0 aromatic carbocycles. The van der Waals surface area contributed by atoms with Gasteiger partial charge in [-0.1, -0.05) is 64.9 Å². The summed E-state index contributed by atoms with van der Waals surface area (Å²) in [5.74, 6) is 0.789. The Balaban J connectivity index is 3.88. The van der Waals surface area contributed by atoms with Gasteiger partial charge in [-0.05, 0) is 52.7 Å². The molecule has 3 heteroatoms. The van der Waals surface area contributed by atoms with Gasteiger partial charge in [0.05, 0.1) is 0 Å². The van der Waals surface area contributed by atoms with Crippen molar-refractivity contribution in [2.45, 2.75) is 84.5 Å². The van der Waals surface area contributed by atoms with Crippen LogP contribution >= 0.6 is 0 Å². The van der Waals surface area contributed by atoms with Crippen molar-refractivity contribution in [2.24, 2.45) is 5.92 Å². The molecule has 3 nitrogen and oxygen atoms in total. The van der Waals surface area contributed by atoms with Crippen LogP contribution in [0, 0.1) is 5.92 Å². The van der Waals surface area contributed by atoms with Gasteiger partial charge in [-0.3, -0.25) is 4.79 Å². The van der Waals surface area contributed by atoms with E-state index < -0.39 is 0 Å². The van der Waals surface area contributed by atoms with Crippen LogP contribution in [0.3, 0.4) is 0 Å². The van der Waals surface area contributed by atoms with Crippen LogP contribution in [0.15, 0.2) is 12.2 Å². The number of carbonyl (C=O) groups excluding carboxylic acids is 1. The smallest absolute Gasteiger partial charge is 0.246 e. The fraction of sp³-hybridized carbons (Fsp3) is 0.857. The second-order valence-electron chi connectivity index (χ2n) is 7.55. The average Bonchev–Trinajstić information content (AvgIpc) is 2.54. The van der Waals surface area contributed by atoms with Gasteiger partial charge < -0.3 is 10.2 Å². The van der Waals surface area contributed by atoms with Crippen molar-refractivity contribution in [1.82, 2.24) is 10.2 Å². The van der Waals surface area contributed by atoms with E-state index in [0.717, 1.165) is 18.9 Å². The molecular weight excluding hydrogens is 296 g/mol. The lowest BCUT2D eigenvalue weighted by Gasteiger charge is -2.19. The Hall–Kier alpha value is -0.830.